The Morgan fingerprint density at radius 2 is 1.07 bits per heavy atom. The summed E-state index contributed by atoms with van der Waals surface area (Å²) in [7, 11) is 15.0. The van der Waals surface area contributed by atoms with Crippen molar-refractivity contribution in [3.8, 4) is 0 Å². The molecule has 16 atom stereocenters. The van der Waals surface area contributed by atoms with Crippen LogP contribution in [-0.4, -0.2) is 186 Å². The predicted molar refractivity (Wildman–Crippen MR) is 209 cm³/mol. The number of hydrogen-bond donors (Lipinski definition) is 1. The van der Waals surface area contributed by atoms with Gasteiger partial charge in [0, 0.05) is 25.3 Å². The Kier molecular flexibility index (Phi) is 23.0. The van der Waals surface area contributed by atoms with Gasteiger partial charge >= 0.3 is 7.60 Å². The molecule has 8 radical (unpaired) electrons. The quantitative estimate of drug-likeness (QED) is 0.157. The van der Waals surface area contributed by atoms with Gasteiger partial charge in [0.25, 0.3) is 0 Å². The Balaban J connectivity index is 0.000000326. The zero-order valence-electron chi connectivity index (χ0n) is 34.8. The van der Waals surface area contributed by atoms with Gasteiger partial charge in [0.05, 0.1) is 75.1 Å². The SMILES string of the molecule is [B][C@@H]1O[C@H](COC(C)C)[C@H](O)C1F.[B][C@@H]1O[C@H](COC(C)C)[C@H](OP(C)(=O)OC[C@H]2O[C@@H]([B])C[C@H]2OC(C)C)C1F.[B][C@H]1C[C@@H](OC(C)C)[C@@H](COP(C)(=O)[O-])O1. The topological polar surface area (TPSA) is 179 Å². The summed E-state index contributed by atoms with van der Waals surface area (Å²) in [5, 5.41) is 9.28. The molecule has 4 fully saturated rings. The van der Waals surface area contributed by atoms with Crippen molar-refractivity contribution in [2.24, 2.45) is 0 Å². The van der Waals surface area contributed by atoms with Crippen LogP contribution < -0.4 is 4.89 Å². The minimum Gasteiger partial charge on any atom is -0.779 e. The van der Waals surface area contributed by atoms with Crippen molar-refractivity contribution in [3.63, 3.8) is 0 Å². The second-order valence-corrected chi connectivity index (χ2v) is 19.3. The van der Waals surface area contributed by atoms with Crippen LogP contribution in [0.1, 0.15) is 68.2 Å². The molecule has 1 N–H and O–H groups in total. The van der Waals surface area contributed by atoms with E-state index in [2.05, 4.69) is 0 Å². The van der Waals surface area contributed by atoms with E-state index in [4.69, 9.17) is 82.9 Å². The van der Waals surface area contributed by atoms with Gasteiger partial charge in [-0.25, -0.2) is 8.78 Å². The largest absolute Gasteiger partial charge is 0.779 e. The van der Waals surface area contributed by atoms with Gasteiger partial charge in [0.15, 0.2) is 0 Å². The van der Waals surface area contributed by atoms with Crippen molar-refractivity contribution in [1.29, 1.82) is 0 Å². The maximum atomic E-state index is 14.4. The van der Waals surface area contributed by atoms with E-state index in [9.17, 15) is 27.9 Å². The Labute approximate surface area is 342 Å². The van der Waals surface area contributed by atoms with E-state index in [0.717, 1.165) is 6.66 Å². The van der Waals surface area contributed by atoms with Crippen molar-refractivity contribution >= 4 is 46.6 Å². The Hall–Kier alpha value is 0.0597. The molecule has 23 heteroatoms. The van der Waals surface area contributed by atoms with Crippen LogP contribution in [0.4, 0.5) is 8.78 Å². The molecule has 0 saturated carbocycles. The summed E-state index contributed by atoms with van der Waals surface area (Å²) >= 11 is 0. The number of rotatable bonds is 18. The van der Waals surface area contributed by atoms with Crippen LogP contribution in [0.3, 0.4) is 0 Å². The van der Waals surface area contributed by atoms with Crippen LogP contribution in [0.2, 0.25) is 0 Å². The molecule has 15 nitrogen and oxygen atoms in total. The zero-order valence-corrected chi connectivity index (χ0v) is 36.5. The third-order valence-electron chi connectivity index (χ3n) is 8.48. The molecule has 0 spiro atoms. The average Bonchev–Trinajstić information content (AvgIpc) is 3.77. The third kappa shape index (κ3) is 19.8. The Bertz CT molecular complexity index is 1250. The van der Waals surface area contributed by atoms with E-state index in [-0.39, 0.29) is 63.1 Å². The molecule has 4 unspecified atom stereocenters. The summed E-state index contributed by atoms with van der Waals surface area (Å²) in [6, 6.07) is -3.11. The van der Waals surface area contributed by atoms with Crippen molar-refractivity contribution in [3.05, 3.63) is 0 Å². The highest BCUT2D eigenvalue weighted by Crippen LogP contribution is 2.49. The first-order valence-corrected chi connectivity index (χ1v) is 23.2. The van der Waals surface area contributed by atoms with Crippen LogP contribution in [0.5, 0.6) is 0 Å². The number of alkyl halides is 2. The van der Waals surface area contributed by atoms with Gasteiger partial charge < -0.3 is 61.5 Å². The fourth-order valence-corrected chi connectivity index (χ4v) is 7.51. The normalized spacial score (nSPS) is 37.6. The van der Waals surface area contributed by atoms with E-state index in [0.29, 0.717) is 12.8 Å². The number of aliphatic hydroxyl groups excluding tert-OH is 1. The van der Waals surface area contributed by atoms with Gasteiger partial charge in [-0.1, -0.05) is 0 Å². The molecule has 0 amide bonds. The average molecular weight is 853 g/mol. The van der Waals surface area contributed by atoms with E-state index in [1.54, 1.807) is 0 Å². The molecule has 4 aliphatic rings. The first-order chi connectivity index (χ1) is 26.3. The fourth-order valence-electron chi connectivity index (χ4n) is 5.92. The number of ether oxygens (including phenoxy) is 8. The van der Waals surface area contributed by atoms with Crippen molar-refractivity contribution in [2.45, 2.75) is 178 Å². The highest BCUT2D eigenvalue weighted by atomic mass is 31.2. The first kappa shape index (κ1) is 53.2. The van der Waals surface area contributed by atoms with Crippen LogP contribution in [0.15, 0.2) is 0 Å². The van der Waals surface area contributed by atoms with Crippen molar-refractivity contribution in [2.75, 3.05) is 39.8 Å². The van der Waals surface area contributed by atoms with E-state index < -0.39 is 88.2 Å². The van der Waals surface area contributed by atoms with Crippen molar-refractivity contribution in [1.82, 2.24) is 0 Å². The molecular weight excluding hydrogens is 792 g/mol. The molecule has 4 rings (SSSR count). The molecule has 0 aliphatic carbocycles. The first-order valence-electron chi connectivity index (χ1n) is 19.3. The highest BCUT2D eigenvalue weighted by Gasteiger charge is 2.47. The standard InChI is InChI=1S/C17H30B2FO7P.C9H18BO5P.C8H14BFO3/c1-9(2)22-7-13-16(15(20)17(19)26-13)27-28(5,21)23-8-12-11(24-10(3)4)6-14(18)25-12;1-6(2)14-7-4-9(10)15-8(7)5-13-16(3,11)12;1-4(2)12-3-5-7(11)6(10)8(9)13-5/h9-17H,6-8H2,1-5H3;6-9H,4-5H2,1-3H3,(H,11,12);4-8,11H,3H2,1-2H3/p-1/t11-,12-,13-,14-,15?,16+,17-,28?;7-,8-,9-;5-,6?,7+,8-/m111/s1. The molecule has 0 bridgehead atoms. The maximum absolute atomic E-state index is 14.4. The summed E-state index contributed by atoms with van der Waals surface area (Å²) < 4.78 is 110. The second kappa shape index (κ2) is 24.6. The lowest BCUT2D eigenvalue weighted by Gasteiger charge is -2.26. The molecule has 0 aromatic heterocycles. The molecule has 0 aromatic rings. The van der Waals surface area contributed by atoms with Crippen LogP contribution in [0.25, 0.3) is 0 Å². The lowest BCUT2D eigenvalue weighted by Crippen LogP contribution is -2.35. The predicted octanol–water partition coefficient (Wildman–Crippen LogP) is 2.21. The molecule has 324 valence electrons. The molecule has 57 heavy (non-hydrogen) atoms. The zero-order chi connectivity index (χ0) is 43.4. The Morgan fingerprint density at radius 1 is 0.649 bits per heavy atom. The lowest BCUT2D eigenvalue weighted by molar-refractivity contribution is -0.199. The van der Waals surface area contributed by atoms with Gasteiger partial charge in [-0.3, -0.25) is 9.09 Å². The number of aliphatic hydroxyl groups is 1. The van der Waals surface area contributed by atoms with E-state index in [1.165, 1.54) is 6.66 Å². The second-order valence-electron chi connectivity index (χ2n) is 15.5. The number of hydrogen-bond acceptors (Lipinski definition) is 15. The maximum Gasteiger partial charge on any atom is 0.328 e. The highest BCUT2D eigenvalue weighted by molar-refractivity contribution is 7.53. The van der Waals surface area contributed by atoms with Gasteiger partial charge in [0.2, 0.25) is 0 Å². The summed E-state index contributed by atoms with van der Waals surface area (Å²) in [5.74, 6) is 0. The van der Waals surface area contributed by atoms with Crippen LogP contribution >= 0.6 is 15.2 Å². The molecule has 4 aliphatic heterocycles. The van der Waals surface area contributed by atoms with Crippen molar-refractivity contribution < 1.29 is 79.4 Å². The fraction of sp³-hybridized carbons (Fsp3) is 1.00. The molecule has 0 aromatic carbocycles. The Morgan fingerprint density at radius 3 is 1.47 bits per heavy atom. The smallest absolute Gasteiger partial charge is 0.328 e. The third-order valence-corrected chi connectivity index (χ3v) is 10.3. The van der Waals surface area contributed by atoms with E-state index in [1.807, 2.05) is 55.4 Å². The summed E-state index contributed by atoms with van der Waals surface area (Å²) in [6.45, 7) is 17.5. The van der Waals surface area contributed by atoms with Gasteiger partial charge in [-0.15, -0.1) is 0 Å². The minimum absolute atomic E-state index is 0.0165. The lowest BCUT2D eigenvalue weighted by atomic mass is 9.94. The van der Waals surface area contributed by atoms with Crippen LogP contribution in [-0.2, 0) is 60.6 Å². The van der Waals surface area contributed by atoms with E-state index >= 15 is 0 Å². The van der Waals surface area contributed by atoms with Crippen LogP contribution in [0, 0.1) is 0 Å². The van der Waals surface area contributed by atoms with Gasteiger partial charge in [-0.2, -0.15) is 0 Å². The summed E-state index contributed by atoms with van der Waals surface area (Å²) in [4.78, 5) is 10.9. The molecular formula is C34H61B4F2O15P2-. The molecule has 4 heterocycles. The summed E-state index contributed by atoms with van der Waals surface area (Å²) in [5.41, 5.74) is 0. The monoisotopic (exact) mass is 853 g/mol. The summed E-state index contributed by atoms with van der Waals surface area (Å²) in [6.07, 6.45) is -7.26. The van der Waals surface area contributed by atoms with Gasteiger partial charge in [-0.05, 0) is 68.2 Å². The minimum atomic E-state index is -3.73. The van der Waals surface area contributed by atoms with Gasteiger partial charge in [0.1, 0.15) is 87.9 Å². The molecule has 4 saturated heterocycles. The number of halogens is 2.